The molecule has 0 bridgehead atoms. The van der Waals surface area contributed by atoms with Crippen LogP contribution in [-0.2, 0) is 6.42 Å². The van der Waals surface area contributed by atoms with Crippen LogP contribution < -0.4 is 15.8 Å². The van der Waals surface area contributed by atoms with Crippen LogP contribution >= 0.6 is 0 Å². The van der Waals surface area contributed by atoms with Gasteiger partial charge < -0.3 is 15.8 Å². The first-order valence-corrected chi connectivity index (χ1v) is 6.51. The molecule has 0 saturated heterocycles. The molecule has 1 heterocycles. The Morgan fingerprint density at radius 1 is 1.40 bits per heavy atom. The number of rotatable bonds is 6. The second-order valence-corrected chi connectivity index (χ2v) is 4.25. The Labute approximate surface area is 117 Å². The van der Waals surface area contributed by atoms with E-state index in [-0.39, 0.29) is 5.91 Å². The maximum atomic E-state index is 12.0. The average molecular weight is 274 g/mol. The third-order valence-electron chi connectivity index (χ3n) is 2.74. The van der Waals surface area contributed by atoms with Gasteiger partial charge in [-0.05, 0) is 36.8 Å². The maximum Gasteiger partial charge on any atom is 0.276 e. The lowest BCUT2D eigenvalue weighted by molar-refractivity contribution is 0.102. The van der Waals surface area contributed by atoms with E-state index < -0.39 is 0 Å². The highest BCUT2D eigenvalue weighted by molar-refractivity contribution is 6.02. The van der Waals surface area contributed by atoms with Crippen LogP contribution in [0.3, 0.4) is 0 Å². The van der Waals surface area contributed by atoms with Gasteiger partial charge in [-0.15, -0.1) is 0 Å². The summed E-state index contributed by atoms with van der Waals surface area (Å²) >= 11 is 0. The Morgan fingerprint density at radius 3 is 2.75 bits per heavy atom. The summed E-state index contributed by atoms with van der Waals surface area (Å²) in [5, 5.41) is 9.55. The number of benzene rings is 1. The monoisotopic (exact) mass is 274 g/mol. The van der Waals surface area contributed by atoms with Crippen molar-refractivity contribution in [1.82, 2.24) is 10.2 Å². The largest absolute Gasteiger partial charge is 0.492 e. The Balaban J connectivity index is 1.97. The minimum atomic E-state index is -0.239. The zero-order valence-electron chi connectivity index (χ0n) is 11.3. The molecule has 106 valence electrons. The van der Waals surface area contributed by atoms with Crippen molar-refractivity contribution in [2.75, 3.05) is 18.5 Å². The number of ether oxygens (including phenoxy) is 1. The van der Waals surface area contributed by atoms with E-state index in [0.717, 1.165) is 17.9 Å². The van der Waals surface area contributed by atoms with Crippen LogP contribution in [0.2, 0.25) is 0 Å². The fourth-order valence-corrected chi connectivity index (χ4v) is 1.67. The zero-order valence-corrected chi connectivity index (χ0v) is 11.3. The number of carbonyl (C=O) groups excluding carboxylic acids is 1. The number of aromatic amines is 1. The van der Waals surface area contributed by atoms with Gasteiger partial charge in [-0.2, -0.15) is 5.10 Å². The van der Waals surface area contributed by atoms with Gasteiger partial charge in [-0.1, -0.05) is 6.92 Å². The summed E-state index contributed by atoms with van der Waals surface area (Å²) in [6, 6.07) is 8.86. The van der Waals surface area contributed by atoms with E-state index in [1.165, 1.54) is 0 Å². The van der Waals surface area contributed by atoms with Crippen molar-refractivity contribution in [2.24, 2.45) is 5.73 Å². The smallest absolute Gasteiger partial charge is 0.276 e. The number of nitrogens with zero attached hydrogens (tertiary/aromatic N) is 1. The highest BCUT2D eigenvalue weighted by Gasteiger charge is 2.10. The van der Waals surface area contributed by atoms with Crippen LogP contribution in [0, 0.1) is 0 Å². The summed E-state index contributed by atoms with van der Waals surface area (Å²) in [4.78, 5) is 12.0. The first-order chi connectivity index (χ1) is 9.72. The molecule has 0 spiro atoms. The first kappa shape index (κ1) is 14.1. The highest BCUT2D eigenvalue weighted by atomic mass is 16.5. The van der Waals surface area contributed by atoms with Crippen LogP contribution in [0.1, 0.15) is 23.1 Å². The van der Waals surface area contributed by atoms with Gasteiger partial charge in [-0.25, -0.2) is 0 Å². The number of H-pyrrole nitrogens is 1. The van der Waals surface area contributed by atoms with Crippen molar-refractivity contribution >= 4 is 11.6 Å². The molecule has 4 N–H and O–H groups in total. The van der Waals surface area contributed by atoms with E-state index in [0.29, 0.717) is 24.5 Å². The molecule has 6 nitrogen and oxygen atoms in total. The van der Waals surface area contributed by atoms with E-state index >= 15 is 0 Å². The van der Waals surface area contributed by atoms with Gasteiger partial charge >= 0.3 is 0 Å². The second-order valence-electron chi connectivity index (χ2n) is 4.25. The Hall–Kier alpha value is -2.34. The van der Waals surface area contributed by atoms with Gasteiger partial charge in [0.1, 0.15) is 12.4 Å². The fraction of sp³-hybridized carbons (Fsp3) is 0.286. The minimum absolute atomic E-state index is 0.239. The molecule has 0 radical (unpaired) electrons. The molecule has 1 aromatic carbocycles. The van der Waals surface area contributed by atoms with Gasteiger partial charge in [0.25, 0.3) is 5.91 Å². The third-order valence-corrected chi connectivity index (χ3v) is 2.74. The van der Waals surface area contributed by atoms with Crippen molar-refractivity contribution in [2.45, 2.75) is 13.3 Å². The summed E-state index contributed by atoms with van der Waals surface area (Å²) in [5.74, 6) is 0.484. The van der Waals surface area contributed by atoms with Crippen molar-refractivity contribution in [1.29, 1.82) is 0 Å². The predicted octanol–water partition coefficient (Wildman–Crippen LogP) is 1.56. The summed E-state index contributed by atoms with van der Waals surface area (Å²) in [7, 11) is 0. The SMILES string of the molecule is CCc1cc(C(=O)Nc2ccc(OCCN)cc2)n[nH]1. The molecule has 0 aliphatic carbocycles. The lowest BCUT2D eigenvalue weighted by Crippen LogP contribution is -2.12. The van der Waals surface area contributed by atoms with E-state index in [2.05, 4.69) is 15.5 Å². The van der Waals surface area contributed by atoms with Crippen molar-refractivity contribution in [3.63, 3.8) is 0 Å². The number of aryl methyl sites for hydroxylation is 1. The summed E-state index contributed by atoms with van der Waals surface area (Å²) in [6.45, 7) is 2.94. The van der Waals surface area contributed by atoms with Crippen molar-refractivity contribution < 1.29 is 9.53 Å². The molecule has 0 atom stereocenters. The Bertz CT molecular complexity index is 563. The van der Waals surface area contributed by atoms with Crippen LogP contribution in [0.15, 0.2) is 30.3 Å². The number of hydrogen-bond acceptors (Lipinski definition) is 4. The predicted molar refractivity (Wildman–Crippen MR) is 76.9 cm³/mol. The molecule has 2 aromatic rings. The molecular weight excluding hydrogens is 256 g/mol. The molecule has 0 unspecified atom stereocenters. The topological polar surface area (TPSA) is 93.0 Å². The van der Waals surface area contributed by atoms with E-state index in [1.54, 1.807) is 30.3 Å². The molecule has 20 heavy (non-hydrogen) atoms. The molecule has 0 aliphatic heterocycles. The minimum Gasteiger partial charge on any atom is -0.492 e. The molecule has 2 rings (SSSR count). The van der Waals surface area contributed by atoms with E-state index in [1.807, 2.05) is 6.92 Å². The van der Waals surface area contributed by atoms with Gasteiger partial charge in [-0.3, -0.25) is 9.89 Å². The normalized spacial score (nSPS) is 10.3. The van der Waals surface area contributed by atoms with Gasteiger partial charge in [0.15, 0.2) is 5.69 Å². The summed E-state index contributed by atoms with van der Waals surface area (Å²) in [5.41, 5.74) is 7.36. The number of hydrogen-bond donors (Lipinski definition) is 3. The molecule has 0 saturated carbocycles. The van der Waals surface area contributed by atoms with E-state index in [9.17, 15) is 4.79 Å². The lowest BCUT2D eigenvalue weighted by atomic mass is 10.2. The fourth-order valence-electron chi connectivity index (χ4n) is 1.67. The van der Waals surface area contributed by atoms with Gasteiger partial charge in [0, 0.05) is 17.9 Å². The molecule has 0 aliphatic rings. The standard InChI is InChI=1S/C14H18N4O2/c1-2-10-9-13(18-17-10)14(19)16-11-3-5-12(6-4-11)20-8-7-15/h3-6,9H,2,7-8,15H2,1H3,(H,16,19)(H,17,18). The Kier molecular flexibility index (Phi) is 4.73. The van der Waals surface area contributed by atoms with Gasteiger partial charge in [0.05, 0.1) is 0 Å². The number of anilines is 1. The van der Waals surface area contributed by atoms with Crippen molar-refractivity contribution in [3.8, 4) is 5.75 Å². The molecule has 0 fully saturated rings. The number of amides is 1. The van der Waals surface area contributed by atoms with Crippen LogP contribution in [-0.4, -0.2) is 29.3 Å². The quantitative estimate of drug-likeness (QED) is 0.745. The highest BCUT2D eigenvalue weighted by Crippen LogP contribution is 2.16. The van der Waals surface area contributed by atoms with E-state index in [4.69, 9.17) is 10.5 Å². The molecule has 1 aromatic heterocycles. The number of nitrogens with one attached hydrogen (secondary N) is 2. The summed E-state index contributed by atoms with van der Waals surface area (Å²) < 4.78 is 5.36. The molecular formula is C14H18N4O2. The number of aromatic nitrogens is 2. The zero-order chi connectivity index (χ0) is 14.4. The number of carbonyl (C=O) groups is 1. The second kappa shape index (κ2) is 6.72. The maximum absolute atomic E-state index is 12.0. The van der Waals surface area contributed by atoms with Gasteiger partial charge in [0.2, 0.25) is 0 Å². The lowest BCUT2D eigenvalue weighted by Gasteiger charge is -2.06. The third kappa shape index (κ3) is 3.58. The number of nitrogens with two attached hydrogens (primary N) is 1. The molecule has 6 heteroatoms. The summed E-state index contributed by atoms with van der Waals surface area (Å²) in [6.07, 6.45) is 0.813. The van der Waals surface area contributed by atoms with Crippen LogP contribution in [0.4, 0.5) is 5.69 Å². The van der Waals surface area contributed by atoms with Crippen molar-refractivity contribution in [3.05, 3.63) is 41.7 Å². The average Bonchev–Trinajstić information content (AvgIpc) is 2.95. The van der Waals surface area contributed by atoms with Crippen LogP contribution in [0.25, 0.3) is 0 Å². The Morgan fingerprint density at radius 2 is 2.15 bits per heavy atom. The van der Waals surface area contributed by atoms with Crippen LogP contribution in [0.5, 0.6) is 5.75 Å². The molecule has 1 amide bonds. The first-order valence-electron chi connectivity index (χ1n) is 6.51.